The Kier molecular flexibility index (Phi) is 40.7. The van der Waals surface area contributed by atoms with Gasteiger partial charge < -0.3 is 5.41 Å². The Labute approximate surface area is 304 Å². The summed E-state index contributed by atoms with van der Waals surface area (Å²) >= 11 is 0. The molecule has 0 heterocycles. The molecular weight excluding hydrogens is 579 g/mol. The summed E-state index contributed by atoms with van der Waals surface area (Å²) < 4.78 is 0. The van der Waals surface area contributed by atoms with Crippen LogP contribution in [0.5, 0.6) is 0 Å². The van der Waals surface area contributed by atoms with Gasteiger partial charge in [-0.2, -0.15) is 0 Å². The van der Waals surface area contributed by atoms with Gasteiger partial charge in [0.15, 0.2) is 0 Å². The lowest BCUT2D eigenvalue weighted by Crippen LogP contribution is -2.05. The molecule has 0 aliphatic carbocycles. The third-order valence-corrected chi connectivity index (χ3v) is 7.74. The molecule has 2 aromatic carbocycles. The highest BCUT2D eigenvalue weighted by Gasteiger charge is 2.17. The first-order valence-electron chi connectivity index (χ1n) is 19.7. The predicted octanol–water partition coefficient (Wildman–Crippen LogP) is 16.8. The predicted molar refractivity (Wildman–Crippen MR) is 230 cm³/mol. The second-order valence-electron chi connectivity index (χ2n) is 11.2. The fourth-order valence-corrected chi connectivity index (χ4v) is 5.13. The van der Waals surface area contributed by atoms with E-state index in [1.807, 2.05) is 76.2 Å². The molecule has 0 aliphatic heterocycles. The Bertz CT molecular complexity index is 1130. The third kappa shape index (κ3) is 21.3. The fourth-order valence-electron chi connectivity index (χ4n) is 5.13. The summed E-state index contributed by atoms with van der Waals surface area (Å²) in [5, 5.41) is 8.47. The molecule has 0 saturated carbocycles. The topological polar surface area (TPSA) is 23.9 Å². The second-order valence-corrected chi connectivity index (χ2v) is 11.2. The number of hydrogen-bond acceptors (Lipinski definition) is 1. The van der Waals surface area contributed by atoms with Crippen molar-refractivity contribution < 1.29 is 0 Å². The van der Waals surface area contributed by atoms with Crippen LogP contribution in [0.4, 0.5) is 0 Å². The average molecular weight is 664 g/mol. The standard InChI is InChI=1S/C23H29N.C14H26.5C2H6/c1-7-20-17(5)13-16(4)14-22(20)23(18(6)24)21(8-2)19-11-9-15(3)10-12-19;1-7-8-9-10-12(4)14(6)13(5)11(2)3;5*1-2/h9-14,24H,7-8H2,1-6H3;12H,6-10H2,1-5H3;5*1-2H3/b23-21+,24-18?;;;;;;. The SMILES string of the molecule is C=C(C(C)=C(C)C)C(C)CCCCC.CC.CC.CC.CC.CC.CC/C(=C(/C(C)=N)c1cc(C)cc(C)c1CC)c1ccc(C)cc1. The van der Waals surface area contributed by atoms with Crippen molar-refractivity contribution in [1.82, 2.24) is 0 Å². The molecule has 0 saturated heterocycles. The molecule has 1 N–H and O–H groups in total. The number of aryl methyl sites for hydroxylation is 3. The summed E-state index contributed by atoms with van der Waals surface area (Å²) in [7, 11) is 0. The van der Waals surface area contributed by atoms with E-state index < -0.39 is 0 Å². The molecule has 1 atom stereocenters. The molecule has 0 fully saturated rings. The van der Waals surface area contributed by atoms with E-state index in [9.17, 15) is 0 Å². The van der Waals surface area contributed by atoms with Crippen molar-refractivity contribution in [1.29, 1.82) is 5.41 Å². The molecule has 1 heteroatoms. The Morgan fingerprint density at radius 2 is 1.19 bits per heavy atom. The molecule has 48 heavy (non-hydrogen) atoms. The molecule has 0 bridgehead atoms. The van der Waals surface area contributed by atoms with Crippen LogP contribution in [0.25, 0.3) is 11.1 Å². The van der Waals surface area contributed by atoms with Crippen LogP contribution in [0.2, 0.25) is 0 Å². The van der Waals surface area contributed by atoms with Gasteiger partial charge in [-0.25, -0.2) is 0 Å². The van der Waals surface area contributed by atoms with Gasteiger partial charge in [0, 0.05) is 11.3 Å². The van der Waals surface area contributed by atoms with Crippen molar-refractivity contribution in [3.8, 4) is 0 Å². The molecule has 1 nitrogen and oxygen atoms in total. The number of hydrogen-bond donors (Lipinski definition) is 1. The highest BCUT2D eigenvalue weighted by Crippen LogP contribution is 2.34. The van der Waals surface area contributed by atoms with Crippen LogP contribution in [-0.2, 0) is 6.42 Å². The van der Waals surface area contributed by atoms with E-state index in [1.165, 1.54) is 81.4 Å². The summed E-state index contributed by atoms with van der Waals surface area (Å²) in [5.74, 6) is 0.649. The number of benzene rings is 2. The van der Waals surface area contributed by atoms with E-state index >= 15 is 0 Å². The molecule has 0 aromatic heterocycles. The van der Waals surface area contributed by atoms with Crippen LogP contribution < -0.4 is 0 Å². The lowest BCUT2D eigenvalue weighted by molar-refractivity contribution is 0.558. The molecule has 0 amide bonds. The van der Waals surface area contributed by atoms with Gasteiger partial charge in [0.1, 0.15) is 0 Å². The minimum atomic E-state index is 0.645. The van der Waals surface area contributed by atoms with E-state index in [-0.39, 0.29) is 0 Å². The van der Waals surface area contributed by atoms with E-state index in [2.05, 4.69) is 112 Å². The number of allylic oxidation sites excluding steroid dienone is 5. The molecule has 0 radical (unpaired) electrons. The Morgan fingerprint density at radius 1 is 0.708 bits per heavy atom. The summed E-state index contributed by atoms with van der Waals surface area (Å²) in [6.07, 6.45) is 7.20. The largest absolute Gasteiger partial charge is 0.305 e. The zero-order valence-corrected chi connectivity index (χ0v) is 36.5. The fraction of sp³-hybridized carbons (Fsp3) is 0.596. The number of rotatable bonds is 11. The maximum absolute atomic E-state index is 8.47. The highest BCUT2D eigenvalue weighted by molar-refractivity contribution is 6.28. The van der Waals surface area contributed by atoms with Crippen molar-refractivity contribution >= 4 is 16.9 Å². The molecule has 1 unspecified atom stereocenters. The number of nitrogens with one attached hydrogen (secondary N) is 1. The molecule has 2 aromatic rings. The normalized spacial score (nSPS) is 10.3. The highest BCUT2D eigenvalue weighted by atomic mass is 14.4. The zero-order chi connectivity index (χ0) is 39.0. The van der Waals surface area contributed by atoms with E-state index in [0.29, 0.717) is 11.6 Å². The maximum Gasteiger partial charge on any atom is 0.0364 e. The van der Waals surface area contributed by atoms with Crippen LogP contribution in [0.1, 0.15) is 190 Å². The Hall–Kier alpha value is -2.67. The van der Waals surface area contributed by atoms with Gasteiger partial charge in [0.25, 0.3) is 0 Å². The van der Waals surface area contributed by atoms with E-state index in [4.69, 9.17) is 5.41 Å². The van der Waals surface area contributed by atoms with Gasteiger partial charge in [0.2, 0.25) is 0 Å². The quantitative estimate of drug-likeness (QED) is 0.107. The smallest absolute Gasteiger partial charge is 0.0364 e. The summed E-state index contributed by atoms with van der Waals surface area (Å²) in [6.45, 7) is 48.0. The Morgan fingerprint density at radius 3 is 1.56 bits per heavy atom. The van der Waals surface area contributed by atoms with Crippen molar-refractivity contribution in [3.63, 3.8) is 0 Å². The zero-order valence-electron chi connectivity index (χ0n) is 36.5. The van der Waals surface area contributed by atoms with Crippen LogP contribution >= 0.6 is 0 Å². The molecule has 278 valence electrons. The van der Waals surface area contributed by atoms with Crippen molar-refractivity contribution in [2.75, 3.05) is 0 Å². The van der Waals surface area contributed by atoms with Crippen LogP contribution in [0.15, 0.2) is 59.7 Å². The summed E-state index contributed by atoms with van der Waals surface area (Å²) in [5.41, 5.74) is 14.8. The van der Waals surface area contributed by atoms with Crippen LogP contribution in [0, 0.1) is 32.1 Å². The lowest BCUT2D eigenvalue weighted by atomic mass is 9.85. The van der Waals surface area contributed by atoms with Crippen molar-refractivity contribution in [2.45, 2.75) is 184 Å². The average Bonchev–Trinajstić information content (AvgIpc) is 3.11. The van der Waals surface area contributed by atoms with Gasteiger partial charge in [-0.1, -0.05) is 176 Å². The Balaban J connectivity index is -0.000000220. The van der Waals surface area contributed by atoms with Crippen LogP contribution in [0.3, 0.4) is 0 Å². The summed E-state index contributed by atoms with van der Waals surface area (Å²) in [4.78, 5) is 0. The van der Waals surface area contributed by atoms with Crippen LogP contribution in [-0.4, -0.2) is 5.71 Å². The molecular formula is C47H85N. The second kappa shape index (κ2) is 35.6. The van der Waals surface area contributed by atoms with Gasteiger partial charge in [-0.3, -0.25) is 0 Å². The number of unbranched alkanes of at least 4 members (excludes halogenated alkanes) is 2. The van der Waals surface area contributed by atoms with E-state index in [1.54, 1.807) is 0 Å². The molecule has 2 rings (SSSR count). The van der Waals surface area contributed by atoms with Gasteiger partial charge in [0.05, 0.1) is 0 Å². The first-order chi connectivity index (χ1) is 22.9. The molecule has 0 aliphatic rings. The van der Waals surface area contributed by atoms with Gasteiger partial charge in [-0.05, 0) is 113 Å². The molecule has 0 spiro atoms. The first-order valence-corrected chi connectivity index (χ1v) is 19.7. The third-order valence-electron chi connectivity index (χ3n) is 7.74. The summed E-state index contributed by atoms with van der Waals surface area (Å²) in [6, 6.07) is 13.2. The minimum Gasteiger partial charge on any atom is -0.305 e. The maximum atomic E-state index is 8.47. The lowest BCUT2D eigenvalue weighted by Gasteiger charge is -2.20. The first kappa shape index (κ1) is 54.8. The van der Waals surface area contributed by atoms with Crippen molar-refractivity contribution in [2.24, 2.45) is 5.92 Å². The van der Waals surface area contributed by atoms with Crippen molar-refractivity contribution in [3.05, 3.63) is 93.1 Å². The van der Waals surface area contributed by atoms with E-state index in [0.717, 1.165) is 18.4 Å². The monoisotopic (exact) mass is 664 g/mol. The van der Waals surface area contributed by atoms with Gasteiger partial charge in [-0.15, -0.1) is 0 Å². The van der Waals surface area contributed by atoms with Gasteiger partial charge >= 0.3 is 0 Å². The minimum absolute atomic E-state index is 0.645.